The molecule has 1 unspecified atom stereocenters. The molecule has 1 saturated heterocycles. The van der Waals surface area contributed by atoms with Crippen molar-refractivity contribution >= 4 is 35.8 Å². The molecule has 1 aliphatic rings. The zero-order chi connectivity index (χ0) is 18.8. The van der Waals surface area contributed by atoms with E-state index in [2.05, 4.69) is 20.9 Å². The molecule has 1 amide bonds. The van der Waals surface area contributed by atoms with Crippen LogP contribution in [0, 0.1) is 0 Å². The molecule has 0 aliphatic carbocycles. The Hall–Kier alpha value is -1.29. The van der Waals surface area contributed by atoms with E-state index in [1.807, 2.05) is 32.9 Å². The molecule has 0 radical (unpaired) electrons. The van der Waals surface area contributed by atoms with E-state index in [9.17, 15) is 4.79 Å². The number of ether oxygens (including phenoxy) is 1. The van der Waals surface area contributed by atoms with Crippen molar-refractivity contribution in [2.75, 3.05) is 26.2 Å². The summed E-state index contributed by atoms with van der Waals surface area (Å²) < 4.78 is 11.1. The molecule has 1 fully saturated rings. The molecule has 1 aromatic heterocycles. The Labute approximate surface area is 179 Å². The average molecular weight is 492 g/mol. The molecule has 7 nitrogen and oxygen atoms in total. The number of carbonyl (C=O) groups excluding carboxylic acids is 1. The summed E-state index contributed by atoms with van der Waals surface area (Å²) in [7, 11) is 0. The Kier molecular flexibility index (Phi) is 10.8. The van der Waals surface area contributed by atoms with Gasteiger partial charge in [-0.05, 0) is 52.2 Å². The molecule has 0 spiro atoms. The summed E-state index contributed by atoms with van der Waals surface area (Å²) >= 11 is 0. The van der Waals surface area contributed by atoms with Crippen molar-refractivity contribution in [2.24, 2.45) is 4.99 Å². The van der Waals surface area contributed by atoms with Crippen molar-refractivity contribution in [1.82, 2.24) is 16.0 Å². The maximum absolute atomic E-state index is 12.0. The van der Waals surface area contributed by atoms with Gasteiger partial charge in [0.15, 0.2) is 5.96 Å². The van der Waals surface area contributed by atoms with Gasteiger partial charge in [0.1, 0.15) is 12.3 Å². The highest BCUT2D eigenvalue weighted by atomic mass is 127. The molecule has 2 rings (SSSR count). The second-order valence-electron chi connectivity index (χ2n) is 7.59. The molecular formula is C19H33IN4O3. The Bertz CT molecular complexity index is 564. The summed E-state index contributed by atoms with van der Waals surface area (Å²) in [4.78, 5) is 16.4. The predicted molar refractivity (Wildman–Crippen MR) is 118 cm³/mol. The highest BCUT2D eigenvalue weighted by molar-refractivity contribution is 14.0. The van der Waals surface area contributed by atoms with E-state index in [0.29, 0.717) is 19.0 Å². The van der Waals surface area contributed by atoms with E-state index in [4.69, 9.17) is 9.15 Å². The van der Waals surface area contributed by atoms with Crippen molar-refractivity contribution in [1.29, 1.82) is 0 Å². The highest BCUT2D eigenvalue weighted by Crippen LogP contribution is 2.11. The number of hydrogen-bond donors (Lipinski definition) is 3. The standard InChI is InChI=1S/C19H32N4O3.HI/c1-19(2,3)23-17(24)14-22-18(20-10-9-15-8-6-12-25-15)21-13-16-7-4-5-11-26-16;/h6,8,12,16H,4-5,7,9-11,13-14H2,1-3H3,(H,23,24)(H2,20,21,22);1H. The van der Waals surface area contributed by atoms with Crippen molar-refractivity contribution < 1.29 is 13.9 Å². The first-order chi connectivity index (χ1) is 12.4. The molecule has 0 saturated carbocycles. The predicted octanol–water partition coefficient (Wildman–Crippen LogP) is 2.46. The molecule has 27 heavy (non-hydrogen) atoms. The maximum atomic E-state index is 12.0. The van der Waals surface area contributed by atoms with Gasteiger partial charge in [-0.25, -0.2) is 4.99 Å². The molecule has 0 aromatic carbocycles. The lowest BCUT2D eigenvalue weighted by Crippen LogP contribution is -2.45. The number of carbonyl (C=O) groups is 1. The number of nitrogens with one attached hydrogen (secondary N) is 3. The minimum atomic E-state index is -0.261. The summed E-state index contributed by atoms with van der Waals surface area (Å²) in [6.07, 6.45) is 5.99. The summed E-state index contributed by atoms with van der Waals surface area (Å²) in [6.45, 7) is 8.12. The molecule has 1 atom stereocenters. The fourth-order valence-electron chi connectivity index (χ4n) is 2.72. The van der Waals surface area contributed by atoms with Gasteiger partial charge in [0.25, 0.3) is 0 Å². The van der Waals surface area contributed by atoms with Crippen molar-refractivity contribution in [3.63, 3.8) is 0 Å². The lowest BCUT2D eigenvalue weighted by atomic mass is 10.1. The Morgan fingerprint density at radius 3 is 2.74 bits per heavy atom. The number of halogens is 1. The first-order valence-corrected chi connectivity index (χ1v) is 9.39. The van der Waals surface area contributed by atoms with Crippen LogP contribution in [0.2, 0.25) is 0 Å². The molecule has 1 aromatic rings. The number of nitrogens with zero attached hydrogens (tertiary/aromatic N) is 1. The van der Waals surface area contributed by atoms with Crippen LogP contribution < -0.4 is 16.0 Å². The van der Waals surface area contributed by atoms with E-state index in [-0.39, 0.29) is 48.1 Å². The number of amides is 1. The van der Waals surface area contributed by atoms with Crippen molar-refractivity contribution in [3.8, 4) is 0 Å². The smallest absolute Gasteiger partial charge is 0.242 e. The third-order valence-corrected chi connectivity index (χ3v) is 3.91. The lowest BCUT2D eigenvalue weighted by Gasteiger charge is -2.24. The van der Waals surface area contributed by atoms with Crippen LogP contribution in [0.3, 0.4) is 0 Å². The van der Waals surface area contributed by atoms with Gasteiger partial charge in [0.2, 0.25) is 5.91 Å². The van der Waals surface area contributed by atoms with Crippen LogP contribution >= 0.6 is 24.0 Å². The SMILES string of the molecule is CC(C)(C)NC(=O)CN=C(NCCc1ccco1)NCC1CCCCO1.I. The molecule has 0 bridgehead atoms. The number of furan rings is 1. The van der Waals surface area contributed by atoms with E-state index < -0.39 is 0 Å². The molecule has 2 heterocycles. The quantitative estimate of drug-likeness (QED) is 0.309. The van der Waals surface area contributed by atoms with Crippen molar-refractivity contribution in [2.45, 2.75) is 58.1 Å². The largest absolute Gasteiger partial charge is 0.469 e. The Balaban J connectivity index is 0.00000364. The first-order valence-electron chi connectivity index (χ1n) is 9.39. The van der Waals surface area contributed by atoms with Gasteiger partial charge < -0.3 is 25.1 Å². The molecule has 3 N–H and O–H groups in total. The van der Waals surface area contributed by atoms with E-state index in [1.165, 1.54) is 6.42 Å². The van der Waals surface area contributed by atoms with Gasteiger partial charge in [0, 0.05) is 31.7 Å². The summed E-state index contributed by atoms with van der Waals surface area (Å²) in [5.41, 5.74) is -0.261. The number of rotatable bonds is 7. The Morgan fingerprint density at radius 1 is 1.30 bits per heavy atom. The van der Waals surface area contributed by atoms with E-state index in [0.717, 1.165) is 31.6 Å². The summed E-state index contributed by atoms with van der Waals surface area (Å²) in [5.74, 6) is 1.44. The molecule has 8 heteroatoms. The number of hydrogen-bond acceptors (Lipinski definition) is 4. The zero-order valence-corrected chi connectivity index (χ0v) is 18.9. The lowest BCUT2D eigenvalue weighted by molar-refractivity contribution is -0.121. The number of guanidine groups is 1. The van der Waals surface area contributed by atoms with Crippen LogP contribution in [0.4, 0.5) is 0 Å². The molecule has 1 aliphatic heterocycles. The van der Waals surface area contributed by atoms with Crippen LogP contribution in [-0.4, -0.2) is 49.8 Å². The number of aliphatic imine (C=N–C) groups is 1. The monoisotopic (exact) mass is 492 g/mol. The van der Waals surface area contributed by atoms with Crippen LogP contribution in [0.1, 0.15) is 45.8 Å². The van der Waals surface area contributed by atoms with Gasteiger partial charge in [-0.1, -0.05) is 0 Å². The maximum Gasteiger partial charge on any atom is 0.242 e. The fraction of sp³-hybridized carbons (Fsp3) is 0.684. The minimum absolute atomic E-state index is 0. The topological polar surface area (TPSA) is 87.9 Å². The third-order valence-electron chi connectivity index (χ3n) is 3.91. The molecular weight excluding hydrogens is 459 g/mol. The van der Waals surface area contributed by atoms with Crippen molar-refractivity contribution in [3.05, 3.63) is 24.2 Å². The van der Waals surface area contributed by atoms with Crippen LogP contribution in [-0.2, 0) is 16.0 Å². The minimum Gasteiger partial charge on any atom is -0.469 e. The van der Waals surface area contributed by atoms with Gasteiger partial charge in [-0.3, -0.25) is 4.79 Å². The second-order valence-corrected chi connectivity index (χ2v) is 7.59. The highest BCUT2D eigenvalue weighted by Gasteiger charge is 2.15. The van der Waals surface area contributed by atoms with Gasteiger partial charge >= 0.3 is 0 Å². The van der Waals surface area contributed by atoms with Crippen LogP contribution in [0.15, 0.2) is 27.8 Å². The summed E-state index contributed by atoms with van der Waals surface area (Å²) in [6, 6.07) is 3.82. The van der Waals surface area contributed by atoms with Crippen LogP contribution in [0.5, 0.6) is 0 Å². The van der Waals surface area contributed by atoms with Gasteiger partial charge in [-0.2, -0.15) is 0 Å². The summed E-state index contributed by atoms with van der Waals surface area (Å²) in [5, 5.41) is 9.47. The van der Waals surface area contributed by atoms with E-state index >= 15 is 0 Å². The zero-order valence-electron chi connectivity index (χ0n) is 16.5. The Morgan fingerprint density at radius 2 is 2.11 bits per heavy atom. The van der Waals surface area contributed by atoms with Gasteiger partial charge in [0.05, 0.1) is 12.4 Å². The fourth-order valence-corrected chi connectivity index (χ4v) is 2.72. The normalized spacial score (nSPS) is 17.7. The average Bonchev–Trinajstić information content (AvgIpc) is 3.09. The first kappa shape index (κ1) is 23.7. The van der Waals surface area contributed by atoms with E-state index in [1.54, 1.807) is 6.26 Å². The second kappa shape index (κ2) is 12.2. The van der Waals surface area contributed by atoms with Crippen LogP contribution in [0.25, 0.3) is 0 Å². The molecule has 154 valence electrons. The van der Waals surface area contributed by atoms with Gasteiger partial charge in [-0.15, -0.1) is 24.0 Å². The third kappa shape index (κ3) is 10.6.